The Hall–Kier alpha value is -3.29. The van der Waals surface area contributed by atoms with E-state index in [9.17, 15) is 4.79 Å². The molecule has 0 radical (unpaired) electrons. The number of rotatable bonds is 4. The van der Waals surface area contributed by atoms with Crippen molar-refractivity contribution in [1.82, 2.24) is 4.98 Å². The molecule has 0 amide bonds. The second-order valence-electron chi connectivity index (χ2n) is 6.92. The molecule has 1 aromatic heterocycles. The van der Waals surface area contributed by atoms with Crippen LogP contribution in [0.3, 0.4) is 0 Å². The van der Waals surface area contributed by atoms with Crippen LogP contribution < -0.4 is 15.9 Å². The van der Waals surface area contributed by atoms with Gasteiger partial charge in [-0.1, -0.05) is 54.6 Å². The van der Waals surface area contributed by atoms with Gasteiger partial charge in [0.2, 0.25) is 0 Å². The summed E-state index contributed by atoms with van der Waals surface area (Å²) in [6, 6.07) is 34.8. The summed E-state index contributed by atoms with van der Waals surface area (Å²) >= 11 is 0. The van der Waals surface area contributed by atoms with E-state index in [1.165, 1.54) is 0 Å². The molecule has 4 heteroatoms. The second kappa shape index (κ2) is 7.27. The van der Waals surface area contributed by atoms with Gasteiger partial charge in [0, 0.05) is 6.20 Å². The van der Waals surface area contributed by atoms with Gasteiger partial charge in [-0.25, -0.2) is 4.79 Å². The van der Waals surface area contributed by atoms with E-state index in [1.807, 2.05) is 54.6 Å². The number of pyridine rings is 1. The van der Waals surface area contributed by atoms with Crippen LogP contribution in [0.4, 0.5) is 0 Å². The van der Waals surface area contributed by atoms with E-state index in [1.54, 1.807) is 18.3 Å². The van der Waals surface area contributed by atoms with Gasteiger partial charge in [-0.3, -0.25) is 4.98 Å². The Morgan fingerprint density at radius 2 is 1.14 bits per heavy atom. The van der Waals surface area contributed by atoms with E-state index >= 15 is 0 Å². The molecule has 1 aliphatic heterocycles. The van der Waals surface area contributed by atoms with E-state index in [2.05, 4.69) is 41.4 Å². The van der Waals surface area contributed by atoms with Gasteiger partial charge in [-0.2, -0.15) is 0 Å². The maximum absolute atomic E-state index is 12.8. The fraction of sp³-hybridized carbons (Fsp3) is 0.0400. The predicted octanol–water partition coefficient (Wildman–Crippen LogP) is 4.24. The lowest BCUT2D eigenvalue weighted by atomic mass is 10.2. The minimum Gasteiger partial charge on any atom is -0.416 e. The molecule has 4 aromatic rings. The van der Waals surface area contributed by atoms with E-state index in [-0.39, 0.29) is 5.97 Å². The quantitative estimate of drug-likeness (QED) is 0.383. The molecule has 0 spiro atoms. The van der Waals surface area contributed by atoms with Gasteiger partial charge >= 0.3 is 5.97 Å². The highest BCUT2D eigenvalue weighted by molar-refractivity contribution is 7.95. The minimum absolute atomic E-state index is 0.301. The van der Waals surface area contributed by atoms with Crippen LogP contribution in [0.15, 0.2) is 109 Å². The van der Waals surface area contributed by atoms with Crippen LogP contribution in [0.2, 0.25) is 0 Å². The molecular formula is C25H19NO2P+. The molecule has 3 nitrogen and oxygen atoms in total. The van der Waals surface area contributed by atoms with Gasteiger partial charge in [0.1, 0.15) is 21.6 Å². The van der Waals surface area contributed by atoms with Crippen molar-refractivity contribution < 1.29 is 9.53 Å². The third-order valence-electron chi connectivity index (χ3n) is 5.35. The van der Waals surface area contributed by atoms with E-state index in [0.717, 1.165) is 21.6 Å². The molecular weight excluding hydrogens is 377 g/mol. The van der Waals surface area contributed by atoms with Crippen molar-refractivity contribution in [2.24, 2.45) is 0 Å². The number of carbonyl (C=O) groups is 1. The smallest absolute Gasteiger partial charge is 0.343 e. The van der Waals surface area contributed by atoms with Crippen molar-refractivity contribution in [1.29, 1.82) is 0 Å². The number of ether oxygens (including phenoxy) is 1. The Morgan fingerprint density at radius 1 is 0.655 bits per heavy atom. The minimum atomic E-state index is -2.38. The monoisotopic (exact) mass is 396 g/mol. The van der Waals surface area contributed by atoms with Gasteiger partial charge in [-0.15, -0.1) is 0 Å². The first kappa shape index (κ1) is 17.8. The van der Waals surface area contributed by atoms with E-state index < -0.39 is 13.1 Å². The van der Waals surface area contributed by atoms with Crippen molar-refractivity contribution in [2.75, 3.05) is 0 Å². The number of benzene rings is 3. The Balaban J connectivity index is 1.89. The standard InChI is InChI=1S/C25H19NO2P/c27-24-22-17-10-18-26-23(22)25(28-24)29(19-11-4-1-5-12-19,20-13-6-2-7-14-20)21-15-8-3-9-16-21/h1-18,25H/q+1. The summed E-state index contributed by atoms with van der Waals surface area (Å²) in [6.45, 7) is 0. The van der Waals surface area contributed by atoms with Crippen molar-refractivity contribution in [2.45, 2.75) is 5.85 Å². The Labute approximate surface area is 170 Å². The molecule has 140 valence electrons. The highest BCUT2D eigenvalue weighted by Crippen LogP contribution is 2.68. The number of nitrogens with zero attached hydrogens (tertiary/aromatic N) is 1. The maximum Gasteiger partial charge on any atom is 0.343 e. The highest BCUT2D eigenvalue weighted by atomic mass is 31.2. The number of hydrogen-bond acceptors (Lipinski definition) is 3. The summed E-state index contributed by atoms with van der Waals surface area (Å²) in [7, 11) is -2.38. The van der Waals surface area contributed by atoms with Crippen LogP contribution in [-0.4, -0.2) is 11.0 Å². The van der Waals surface area contributed by atoms with Gasteiger partial charge in [0.15, 0.2) is 7.26 Å². The molecule has 0 bridgehead atoms. The predicted molar refractivity (Wildman–Crippen MR) is 118 cm³/mol. The van der Waals surface area contributed by atoms with Crippen LogP contribution in [0.5, 0.6) is 0 Å². The number of hydrogen-bond donors (Lipinski definition) is 0. The second-order valence-corrected chi connectivity index (χ2v) is 10.4. The molecule has 0 saturated carbocycles. The first-order valence-electron chi connectivity index (χ1n) is 9.53. The fourth-order valence-electron chi connectivity index (χ4n) is 4.11. The normalized spacial score (nSPS) is 15.6. The topological polar surface area (TPSA) is 39.2 Å². The van der Waals surface area contributed by atoms with Crippen LogP contribution in [-0.2, 0) is 4.74 Å². The lowest BCUT2D eigenvalue weighted by molar-refractivity contribution is 0.0512. The number of fused-ring (bicyclic) bond motifs is 1. The number of cyclic esters (lactones) is 1. The van der Waals surface area contributed by atoms with Crippen molar-refractivity contribution in [3.8, 4) is 0 Å². The molecule has 3 aromatic carbocycles. The Bertz CT molecular complexity index is 1050. The van der Waals surface area contributed by atoms with Crippen LogP contribution in [0, 0.1) is 0 Å². The van der Waals surface area contributed by atoms with E-state index in [4.69, 9.17) is 4.74 Å². The molecule has 0 saturated heterocycles. The molecule has 0 N–H and O–H groups in total. The average molecular weight is 396 g/mol. The summed E-state index contributed by atoms with van der Waals surface area (Å²) in [5.74, 6) is -0.760. The average Bonchev–Trinajstić information content (AvgIpc) is 3.14. The van der Waals surface area contributed by atoms with Gasteiger partial charge in [0.05, 0.1) is 5.56 Å². The number of esters is 1. The van der Waals surface area contributed by atoms with Crippen molar-refractivity contribution in [3.63, 3.8) is 0 Å². The Morgan fingerprint density at radius 3 is 1.62 bits per heavy atom. The molecule has 5 rings (SSSR count). The Kier molecular flexibility index (Phi) is 4.46. The molecule has 2 heterocycles. The van der Waals surface area contributed by atoms with Gasteiger partial charge < -0.3 is 4.74 Å². The zero-order valence-corrected chi connectivity index (χ0v) is 16.6. The van der Waals surface area contributed by atoms with Gasteiger partial charge in [-0.05, 0) is 48.5 Å². The maximum atomic E-state index is 12.8. The zero-order chi connectivity index (χ0) is 19.7. The molecule has 0 fully saturated rings. The lowest BCUT2D eigenvalue weighted by Crippen LogP contribution is -2.35. The van der Waals surface area contributed by atoms with Crippen molar-refractivity contribution >= 4 is 29.1 Å². The van der Waals surface area contributed by atoms with Crippen LogP contribution in [0.1, 0.15) is 21.9 Å². The molecule has 29 heavy (non-hydrogen) atoms. The summed E-state index contributed by atoms with van der Waals surface area (Å²) in [4.78, 5) is 17.4. The third-order valence-corrected chi connectivity index (χ3v) is 9.74. The lowest BCUT2D eigenvalue weighted by Gasteiger charge is -2.31. The van der Waals surface area contributed by atoms with E-state index in [0.29, 0.717) is 5.56 Å². The first-order valence-corrected chi connectivity index (χ1v) is 11.4. The number of aromatic nitrogens is 1. The SMILES string of the molecule is O=C1OC([P+](c2ccccc2)(c2ccccc2)c2ccccc2)c2ncccc21. The molecule has 1 atom stereocenters. The molecule has 0 aliphatic carbocycles. The molecule has 1 aliphatic rings. The molecule has 1 unspecified atom stereocenters. The summed E-state index contributed by atoms with van der Waals surface area (Å²) < 4.78 is 6.11. The summed E-state index contributed by atoms with van der Waals surface area (Å²) in [5, 5.41) is 3.48. The number of carbonyl (C=O) groups excluding carboxylic acids is 1. The zero-order valence-electron chi connectivity index (χ0n) is 15.7. The third kappa shape index (κ3) is 2.78. The highest BCUT2D eigenvalue weighted by Gasteiger charge is 2.59. The summed E-state index contributed by atoms with van der Waals surface area (Å²) in [6.07, 6.45) is 1.74. The first-order chi connectivity index (χ1) is 14.3. The summed E-state index contributed by atoms with van der Waals surface area (Å²) in [5.41, 5.74) is 1.28. The van der Waals surface area contributed by atoms with Gasteiger partial charge in [0.25, 0.3) is 5.85 Å². The largest absolute Gasteiger partial charge is 0.416 e. The fourth-order valence-corrected chi connectivity index (χ4v) is 8.57. The van der Waals surface area contributed by atoms with Crippen molar-refractivity contribution in [3.05, 3.63) is 121 Å². The van der Waals surface area contributed by atoms with Crippen LogP contribution in [0.25, 0.3) is 0 Å². The van der Waals surface area contributed by atoms with Crippen LogP contribution >= 0.6 is 7.26 Å².